The number of amides is 1. The van der Waals surface area contributed by atoms with E-state index in [9.17, 15) is 4.79 Å². The number of fused-ring (bicyclic) bond motifs is 2. The minimum atomic E-state index is -0.00153. The highest BCUT2D eigenvalue weighted by Gasteiger charge is 2.32. The van der Waals surface area contributed by atoms with Gasteiger partial charge in [0, 0.05) is 40.8 Å². The molecule has 4 aromatic heterocycles. The number of thiazole rings is 1. The Balaban J connectivity index is 1.51. The minimum absolute atomic E-state index is 0.00153. The predicted octanol–water partition coefficient (Wildman–Crippen LogP) is 4.03. The summed E-state index contributed by atoms with van der Waals surface area (Å²) < 4.78 is 1.83. The molecule has 5 heterocycles. The first-order chi connectivity index (χ1) is 13.1. The number of nitrogens with zero attached hydrogens (tertiary/aromatic N) is 4. The number of halogens is 1. The number of nitrogens with one attached hydrogen (secondary N) is 1. The van der Waals surface area contributed by atoms with Crippen molar-refractivity contribution in [3.8, 4) is 11.4 Å². The molecule has 0 fully saturated rings. The Morgan fingerprint density at radius 1 is 1.41 bits per heavy atom. The summed E-state index contributed by atoms with van der Waals surface area (Å²) in [4.78, 5) is 19.5. The number of H-pyrrole nitrogens is 1. The lowest BCUT2D eigenvalue weighted by Gasteiger charge is -2.33. The molecule has 136 valence electrons. The Bertz CT molecular complexity index is 1150. The maximum Gasteiger partial charge on any atom is 0.255 e. The fourth-order valence-corrected chi connectivity index (χ4v) is 4.42. The third-order valence-electron chi connectivity index (χ3n) is 5.08. The van der Waals surface area contributed by atoms with Crippen molar-refractivity contribution in [2.45, 2.75) is 25.9 Å². The molecule has 1 unspecified atom stereocenters. The van der Waals surface area contributed by atoms with E-state index in [1.165, 1.54) is 11.3 Å². The SMILES string of the molecule is CC1Cc2[nH]nc(-c3cscn3)c2CN1C(=O)c1cc2cccc(Cl)n2c1. The lowest BCUT2D eigenvalue weighted by molar-refractivity contribution is 0.0658. The molecular formula is C19H16ClN5OS. The van der Waals surface area contributed by atoms with Gasteiger partial charge in [0.1, 0.15) is 16.5 Å². The van der Waals surface area contributed by atoms with E-state index < -0.39 is 0 Å². The van der Waals surface area contributed by atoms with Gasteiger partial charge in [0.25, 0.3) is 5.91 Å². The van der Waals surface area contributed by atoms with E-state index in [-0.39, 0.29) is 11.9 Å². The number of carbonyl (C=O) groups is 1. The zero-order valence-corrected chi connectivity index (χ0v) is 16.1. The first kappa shape index (κ1) is 16.5. The Hall–Kier alpha value is -2.64. The molecule has 0 spiro atoms. The average molecular weight is 398 g/mol. The molecule has 8 heteroatoms. The van der Waals surface area contributed by atoms with Gasteiger partial charge in [0.05, 0.1) is 17.6 Å². The van der Waals surface area contributed by atoms with Gasteiger partial charge in [-0.1, -0.05) is 17.7 Å². The summed E-state index contributed by atoms with van der Waals surface area (Å²) in [6, 6.07) is 7.59. The van der Waals surface area contributed by atoms with Crippen molar-refractivity contribution in [3.63, 3.8) is 0 Å². The largest absolute Gasteiger partial charge is 0.331 e. The maximum atomic E-state index is 13.2. The minimum Gasteiger partial charge on any atom is -0.331 e. The first-order valence-electron chi connectivity index (χ1n) is 8.64. The molecular weight excluding hydrogens is 382 g/mol. The van der Waals surface area contributed by atoms with E-state index >= 15 is 0 Å². The molecule has 6 nitrogen and oxygen atoms in total. The molecule has 0 aromatic carbocycles. The second-order valence-electron chi connectivity index (χ2n) is 6.76. The fraction of sp³-hybridized carbons (Fsp3) is 0.211. The van der Waals surface area contributed by atoms with Crippen molar-refractivity contribution in [1.29, 1.82) is 0 Å². The van der Waals surface area contributed by atoms with Gasteiger partial charge in [-0.15, -0.1) is 11.3 Å². The maximum absolute atomic E-state index is 13.2. The van der Waals surface area contributed by atoms with Crippen molar-refractivity contribution >= 4 is 34.4 Å². The third kappa shape index (κ3) is 2.65. The van der Waals surface area contributed by atoms with E-state index in [0.29, 0.717) is 17.3 Å². The highest BCUT2D eigenvalue weighted by molar-refractivity contribution is 7.07. The van der Waals surface area contributed by atoms with E-state index in [0.717, 1.165) is 34.6 Å². The highest BCUT2D eigenvalue weighted by atomic mass is 35.5. The van der Waals surface area contributed by atoms with Crippen LogP contribution in [0, 0.1) is 0 Å². The zero-order chi connectivity index (χ0) is 18.5. The Morgan fingerprint density at radius 2 is 2.30 bits per heavy atom. The van der Waals surface area contributed by atoms with E-state index in [1.807, 2.05) is 38.9 Å². The number of hydrogen-bond acceptors (Lipinski definition) is 4. The smallest absolute Gasteiger partial charge is 0.255 e. The molecule has 5 rings (SSSR count). The second-order valence-corrected chi connectivity index (χ2v) is 7.87. The standard InChI is InChI=1S/C19H16ClN5OS/c1-11-5-15-14(18(23-22-15)16-9-27-10-21-16)8-24(11)19(26)12-6-13-3-2-4-17(20)25(13)7-12/h2-4,6-7,9-11H,5,8H2,1H3,(H,22,23). The van der Waals surface area contributed by atoms with Crippen LogP contribution in [0.15, 0.2) is 41.4 Å². The van der Waals surface area contributed by atoms with Crippen LogP contribution < -0.4 is 0 Å². The van der Waals surface area contributed by atoms with Gasteiger partial charge in [0.15, 0.2) is 0 Å². The van der Waals surface area contributed by atoms with Crippen LogP contribution in [-0.2, 0) is 13.0 Å². The van der Waals surface area contributed by atoms with Crippen molar-refractivity contribution < 1.29 is 4.79 Å². The Labute approximate surface area is 164 Å². The van der Waals surface area contributed by atoms with Crippen molar-refractivity contribution in [3.05, 3.63) is 63.3 Å². The van der Waals surface area contributed by atoms with Crippen LogP contribution in [0.2, 0.25) is 5.15 Å². The third-order valence-corrected chi connectivity index (χ3v) is 5.97. The normalized spacial score (nSPS) is 16.7. The van der Waals surface area contributed by atoms with E-state index in [4.69, 9.17) is 11.6 Å². The van der Waals surface area contributed by atoms with Gasteiger partial charge in [0.2, 0.25) is 0 Å². The molecule has 1 N–H and O–H groups in total. The van der Waals surface area contributed by atoms with Gasteiger partial charge in [-0.2, -0.15) is 5.10 Å². The van der Waals surface area contributed by atoms with Crippen molar-refractivity contribution in [2.24, 2.45) is 0 Å². The number of carbonyl (C=O) groups excluding carboxylic acids is 1. The van der Waals surface area contributed by atoms with Gasteiger partial charge < -0.3 is 9.30 Å². The van der Waals surface area contributed by atoms with Crippen LogP contribution in [0.4, 0.5) is 0 Å². The average Bonchev–Trinajstić information content (AvgIpc) is 3.39. The van der Waals surface area contributed by atoms with Gasteiger partial charge in [-0.25, -0.2) is 4.98 Å². The summed E-state index contributed by atoms with van der Waals surface area (Å²) in [6.07, 6.45) is 2.55. The molecule has 0 aliphatic carbocycles. The summed E-state index contributed by atoms with van der Waals surface area (Å²) in [5.74, 6) is -0.00153. The molecule has 27 heavy (non-hydrogen) atoms. The number of aromatic amines is 1. The number of pyridine rings is 1. The van der Waals surface area contributed by atoms with Crippen molar-refractivity contribution in [1.82, 2.24) is 24.5 Å². The zero-order valence-electron chi connectivity index (χ0n) is 14.5. The van der Waals surface area contributed by atoms with Crippen LogP contribution in [-0.4, -0.2) is 36.4 Å². The summed E-state index contributed by atoms with van der Waals surface area (Å²) in [6.45, 7) is 2.57. The summed E-state index contributed by atoms with van der Waals surface area (Å²) in [7, 11) is 0. The summed E-state index contributed by atoms with van der Waals surface area (Å²) >= 11 is 7.78. The molecule has 4 aromatic rings. The predicted molar refractivity (Wildman–Crippen MR) is 105 cm³/mol. The molecule has 0 radical (unpaired) electrons. The van der Waals surface area contributed by atoms with Crippen LogP contribution >= 0.6 is 22.9 Å². The number of aromatic nitrogens is 4. The summed E-state index contributed by atoms with van der Waals surface area (Å²) in [5.41, 5.74) is 7.15. The van der Waals surface area contributed by atoms with Crippen LogP contribution in [0.1, 0.15) is 28.5 Å². The lowest BCUT2D eigenvalue weighted by atomic mass is 9.98. The molecule has 0 saturated heterocycles. The number of rotatable bonds is 2. The van der Waals surface area contributed by atoms with Gasteiger partial charge in [-0.3, -0.25) is 9.89 Å². The second kappa shape index (κ2) is 6.21. The molecule has 0 bridgehead atoms. The quantitative estimate of drug-likeness (QED) is 0.519. The van der Waals surface area contributed by atoms with Gasteiger partial charge >= 0.3 is 0 Å². The Kier molecular flexibility index (Phi) is 3.80. The number of hydrogen-bond donors (Lipinski definition) is 1. The lowest BCUT2D eigenvalue weighted by Crippen LogP contribution is -2.42. The van der Waals surface area contributed by atoms with E-state index in [1.54, 1.807) is 11.7 Å². The fourth-order valence-electron chi connectivity index (χ4n) is 3.67. The van der Waals surface area contributed by atoms with Crippen LogP contribution in [0.5, 0.6) is 0 Å². The molecule has 1 aliphatic rings. The van der Waals surface area contributed by atoms with Gasteiger partial charge in [-0.05, 0) is 25.1 Å². The van der Waals surface area contributed by atoms with Crippen molar-refractivity contribution in [2.75, 3.05) is 0 Å². The molecule has 1 amide bonds. The Morgan fingerprint density at radius 3 is 3.07 bits per heavy atom. The van der Waals surface area contributed by atoms with Crippen LogP contribution in [0.3, 0.4) is 0 Å². The molecule has 1 aliphatic heterocycles. The van der Waals surface area contributed by atoms with E-state index in [2.05, 4.69) is 22.1 Å². The highest BCUT2D eigenvalue weighted by Crippen LogP contribution is 2.31. The summed E-state index contributed by atoms with van der Waals surface area (Å²) in [5, 5.41) is 10.1. The first-order valence-corrected chi connectivity index (χ1v) is 9.96. The molecule has 0 saturated carbocycles. The monoisotopic (exact) mass is 397 g/mol. The molecule has 1 atom stereocenters. The van der Waals surface area contributed by atoms with Crippen LogP contribution in [0.25, 0.3) is 16.9 Å². The topological polar surface area (TPSA) is 66.3 Å².